The van der Waals surface area contributed by atoms with Gasteiger partial charge in [-0.2, -0.15) is 0 Å². The van der Waals surface area contributed by atoms with Gasteiger partial charge >= 0.3 is 0 Å². The number of anilines is 1. The number of carbonyl (C=O) groups excluding carboxylic acids is 1. The maximum Gasteiger partial charge on any atom is 0.224 e. The van der Waals surface area contributed by atoms with Crippen LogP contribution in [0.5, 0.6) is 5.75 Å². The summed E-state index contributed by atoms with van der Waals surface area (Å²) in [7, 11) is 0. The number of nitrogens with one attached hydrogen (secondary N) is 1. The first-order chi connectivity index (χ1) is 15.6. The smallest absolute Gasteiger partial charge is 0.224 e. The van der Waals surface area contributed by atoms with Crippen LogP contribution >= 0.6 is 11.3 Å². The number of rotatable bonds is 8. The molecule has 162 valence electrons. The molecular weight excluding hydrogens is 418 g/mol. The zero-order chi connectivity index (χ0) is 22.3. The quantitative estimate of drug-likeness (QED) is 0.325. The van der Waals surface area contributed by atoms with E-state index in [1.165, 1.54) is 0 Å². The molecule has 0 unspecified atom stereocenters. The van der Waals surface area contributed by atoms with Crippen LogP contribution < -0.4 is 10.1 Å². The summed E-state index contributed by atoms with van der Waals surface area (Å²) >= 11 is 1.58. The molecule has 0 fully saturated rings. The zero-order valence-corrected chi connectivity index (χ0v) is 19.0. The van der Waals surface area contributed by atoms with Gasteiger partial charge in [-0.15, -0.1) is 11.3 Å². The predicted octanol–water partition coefficient (Wildman–Crippen LogP) is 6.29. The average Bonchev–Trinajstić information content (AvgIpc) is 3.29. The first kappa shape index (κ1) is 21.7. The molecule has 6 heteroatoms. The Kier molecular flexibility index (Phi) is 6.92. The van der Waals surface area contributed by atoms with E-state index >= 15 is 0 Å². The molecule has 2 aromatic carbocycles. The third-order valence-electron chi connectivity index (χ3n) is 5.06. The molecule has 0 atom stereocenters. The summed E-state index contributed by atoms with van der Waals surface area (Å²) in [6, 6.07) is 17.7. The van der Waals surface area contributed by atoms with Gasteiger partial charge in [-0.25, -0.2) is 4.98 Å². The Morgan fingerprint density at radius 2 is 1.81 bits per heavy atom. The summed E-state index contributed by atoms with van der Waals surface area (Å²) in [6.07, 6.45) is 4.61. The second-order valence-electron chi connectivity index (χ2n) is 7.58. The van der Waals surface area contributed by atoms with Crippen LogP contribution in [0.3, 0.4) is 0 Å². The number of hydrogen-bond donors (Lipinski definition) is 1. The van der Waals surface area contributed by atoms with Gasteiger partial charge in [0.1, 0.15) is 10.8 Å². The Bertz CT molecular complexity index is 1180. The molecule has 4 aromatic rings. The van der Waals surface area contributed by atoms with Crippen molar-refractivity contribution < 1.29 is 9.53 Å². The lowest BCUT2D eigenvalue weighted by atomic mass is 10.1. The Morgan fingerprint density at radius 3 is 2.59 bits per heavy atom. The van der Waals surface area contributed by atoms with Gasteiger partial charge in [0, 0.05) is 41.0 Å². The molecule has 0 aliphatic rings. The minimum absolute atomic E-state index is 0.0263. The van der Waals surface area contributed by atoms with Crippen LogP contribution in [0, 0.1) is 13.8 Å². The lowest BCUT2D eigenvalue weighted by Gasteiger charge is -2.12. The monoisotopic (exact) mass is 443 g/mol. The highest BCUT2D eigenvalue weighted by molar-refractivity contribution is 7.13. The van der Waals surface area contributed by atoms with Gasteiger partial charge in [0.15, 0.2) is 0 Å². The molecule has 2 heterocycles. The summed E-state index contributed by atoms with van der Waals surface area (Å²) in [5, 5.41) is 5.93. The molecule has 5 nitrogen and oxygen atoms in total. The van der Waals surface area contributed by atoms with Crippen molar-refractivity contribution in [3.63, 3.8) is 0 Å². The molecule has 4 rings (SSSR count). The highest BCUT2D eigenvalue weighted by Crippen LogP contribution is 2.29. The van der Waals surface area contributed by atoms with Crippen LogP contribution in [0.2, 0.25) is 0 Å². The van der Waals surface area contributed by atoms with E-state index in [1.807, 2.05) is 80.0 Å². The molecule has 0 aliphatic heterocycles. The Morgan fingerprint density at radius 1 is 1.03 bits per heavy atom. The van der Waals surface area contributed by atoms with Gasteiger partial charge in [0.2, 0.25) is 5.91 Å². The minimum Gasteiger partial charge on any atom is -0.493 e. The van der Waals surface area contributed by atoms with Gasteiger partial charge in [-0.05, 0) is 55.7 Å². The number of amides is 1. The van der Waals surface area contributed by atoms with Crippen molar-refractivity contribution >= 4 is 22.9 Å². The van der Waals surface area contributed by atoms with Crippen LogP contribution in [0.25, 0.3) is 21.8 Å². The Balaban J connectivity index is 1.32. The van der Waals surface area contributed by atoms with E-state index in [2.05, 4.69) is 10.3 Å². The number of aryl methyl sites for hydroxylation is 2. The molecular formula is C26H25N3O2S. The second kappa shape index (κ2) is 10.2. The van der Waals surface area contributed by atoms with E-state index in [0.29, 0.717) is 19.4 Å². The van der Waals surface area contributed by atoms with Crippen molar-refractivity contribution in [2.45, 2.75) is 26.7 Å². The Labute approximate surface area is 192 Å². The molecule has 1 N–H and O–H groups in total. The van der Waals surface area contributed by atoms with Gasteiger partial charge in [-0.1, -0.05) is 30.3 Å². The third-order valence-corrected chi connectivity index (χ3v) is 5.95. The molecule has 0 saturated carbocycles. The number of para-hydroxylation sites is 1. The minimum atomic E-state index is -0.0263. The number of carbonyl (C=O) groups is 1. The molecule has 1 amide bonds. The topological polar surface area (TPSA) is 64.1 Å². The molecule has 0 aliphatic carbocycles. The molecule has 0 spiro atoms. The number of aromatic nitrogens is 2. The number of nitrogens with zero attached hydrogens (tertiary/aromatic N) is 2. The summed E-state index contributed by atoms with van der Waals surface area (Å²) in [5.41, 5.74) is 5.83. The van der Waals surface area contributed by atoms with Crippen molar-refractivity contribution in [2.75, 3.05) is 11.9 Å². The van der Waals surface area contributed by atoms with Gasteiger partial charge in [0.05, 0.1) is 12.3 Å². The van der Waals surface area contributed by atoms with Crippen LogP contribution in [0.4, 0.5) is 5.69 Å². The number of thiazole rings is 1. The number of hydrogen-bond acceptors (Lipinski definition) is 5. The molecule has 32 heavy (non-hydrogen) atoms. The SMILES string of the molecule is Cc1cccc(C)c1OCCCC(=O)Nc1cccc(-c2csc(-c3cccnc3)n2)c1. The highest BCUT2D eigenvalue weighted by atomic mass is 32.1. The van der Waals surface area contributed by atoms with Crippen molar-refractivity contribution in [3.05, 3.63) is 83.5 Å². The number of pyridine rings is 1. The average molecular weight is 444 g/mol. The number of benzene rings is 2. The maximum atomic E-state index is 12.4. The first-order valence-corrected chi connectivity index (χ1v) is 11.4. The largest absolute Gasteiger partial charge is 0.493 e. The molecule has 0 bridgehead atoms. The molecule has 0 radical (unpaired) electrons. The lowest BCUT2D eigenvalue weighted by Crippen LogP contribution is -2.13. The van der Waals surface area contributed by atoms with Crippen LogP contribution in [0.15, 0.2) is 72.4 Å². The summed E-state index contributed by atoms with van der Waals surface area (Å²) in [4.78, 5) is 21.3. The van der Waals surface area contributed by atoms with Crippen LogP contribution in [-0.4, -0.2) is 22.5 Å². The van der Waals surface area contributed by atoms with Crippen molar-refractivity contribution in [1.82, 2.24) is 9.97 Å². The van der Waals surface area contributed by atoms with Crippen molar-refractivity contribution in [2.24, 2.45) is 0 Å². The fourth-order valence-electron chi connectivity index (χ4n) is 3.44. The van der Waals surface area contributed by atoms with E-state index in [9.17, 15) is 4.79 Å². The van der Waals surface area contributed by atoms with Gasteiger partial charge in [0.25, 0.3) is 0 Å². The lowest BCUT2D eigenvalue weighted by molar-refractivity contribution is -0.116. The van der Waals surface area contributed by atoms with E-state index in [-0.39, 0.29) is 5.91 Å². The van der Waals surface area contributed by atoms with Gasteiger partial charge in [-0.3, -0.25) is 9.78 Å². The third kappa shape index (κ3) is 5.39. The summed E-state index contributed by atoms with van der Waals surface area (Å²) < 4.78 is 5.89. The Hall–Kier alpha value is -3.51. The normalized spacial score (nSPS) is 10.7. The summed E-state index contributed by atoms with van der Waals surface area (Å²) in [6.45, 7) is 4.57. The van der Waals surface area contributed by atoms with Crippen molar-refractivity contribution in [1.29, 1.82) is 0 Å². The maximum absolute atomic E-state index is 12.4. The van der Waals surface area contributed by atoms with E-state index in [0.717, 1.165) is 44.4 Å². The number of ether oxygens (including phenoxy) is 1. The van der Waals surface area contributed by atoms with Crippen LogP contribution in [-0.2, 0) is 4.79 Å². The fourth-order valence-corrected chi connectivity index (χ4v) is 4.26. The van der Waals surface area contributed by atoms with E-state index in [4.69, 9.17) is 9.72 Å². The van der Waals surface area contributed by atoms with E-state index < -0.39 is 0 Å². The molecule has 2 aromatic heterocycles. The van der Waals surface area contributed by atoms with Gasteiger partial charge < -0.3 is 10.1 Å². The summed E-state index contributed by atoms with van der Waals surface area (Å²) in [5.74, 6) is 0.885. The molecule has 0 saturated heterocycles. The fraction of sp³-hybridized carbons (Fsp3) is 0.192. The first-order valence-electron chi connectivity index (χ1n) is 10.6. The predicted molar refractivity (Wildman–Crippen MR) is 130 cm³/mol. The zero-order valence-electron chi connectivity index (χ0n) is 18.2. The van der Waals surface area contributed by atoms with Crippen molar-refractivity contribution in [3.8, 4) is 27.6 Å². The van der Waals surface area contributed by atoms with E-state index in [1.54, 1.807) is 17.5 Å². The standard InChI is InChI=1S/C26H25N3O2S/c1-18-7-3-8-19(2)25(18)31-14-6-12-24(30)28-22-11-4-9-20(15-22)23-17-32-26(29-23)21-10-5-13-27-16-21/h3-5,7-11,13,15-17H,6,12,14H2,1-2H3,(H,28,30). The highest BCUT2D eigenvalue weighted by Gasteiger charge is 2.09. The van der Waals surface area contributed by atoms with Crippen LogP contribution in [0.1, 0.15) is 24.0 Å². The second-order valence-corrected chi connectivity index (χ2v) is 8.44.